The second kappa shape index (κ2) is 5.23. The van der Waals surface area contributed by atoms with Gasteiger partial charge in [0.1, 0.15) is 11.9 Å². The quantitative estimate of drug-likeness (QED) is 0.894. The van der Waals surface area contributed by atoms with Crippen molar-refractivity contribution in [2.24, 2.45) is 0 Å². The number of aliphatic hydroxyl groups is 1. The minimum absolute atomic E-state index is 0.586. The van der Waals surface area contributed by atoms with Crippen molar-refractivity contribution in [2.75, 3.05) is 7.11 Å². The SMILES string of the molecule is COc1ccc(C(O)c2c(C)cccc2C)cc1. The summed E-state index contributed by atoms with van der Waals surface area (Å²) in [6.45, 7) is 4.05. The summed E-state index contributed by atoms with van der Waals surface area (Å²) in [4.78, 5) is 0. The zero-order valence-corrected chi connectivity index (χ0v) is 11.0. The smallest absolute Gasteiger partial charge is 0.118 e. The van der Waals surface area contributed by atoms with Crippen LogP contribution in [0.15, 0.2) is 42.5 Å². The molecule has 1 atom stereocenters. The van der Waals surface area contributed by atoms with E-state index in [1.165, 1.54) is 0 Å². The molecule has 0 amide bonds. The lowest BCUT2D eigenvalue weighted by Gasteiger charge is -2.17. The zero-order valence-electron chi connectivity index (χ0n) is 11.0. The molecule has 0 heterocycles. The van der Waals surface area contributed by atoms with Gasteiger partial charge in [-0.15, -0.1) is 0 Å². The fourth-order valence-corrected chi connectivity index (χ4v) is 2.21. The van der Waals surface area contributed by atoms with Gasteiger partial charge in [0.15, 0.2) is 0 Å². The Hall–Kier alpha value is -1.80. The van der Waals surface area contributed by atoms with Gasteiger partial charge in [-0.3, -0.25) is 0 Å². The molecule has 94 valence electrons. The van der Waals surface area contributed by atoms with E-state index in [4.69, 9.17) is 4.74 Å². The molecule has 0 aromatic heterocycles. The molecule has 18 heavy (non-hydrogen) atoms. The van der Waals surface area contributed by atoms with Gasteiger partial charge in [-0.25, -0.2) is 0 Å². The second-order valence-corrected chi connectivity index (χ2v) is 4.48. The average Bonchev–Trinajstić information content (AvgIpc) is 2.38. The Morgan fingerprint density at radius 2 is 1.50 bits per heavy atom. The lowest BCUT2D eigenvalue weighted by molar-refractivity contribution is 0.218. The summed E-state index contributed by atoms with van der Waals surface area (Å²) in [6, 6.07) is 13.6. The molecular formula is C16H18O2. The van der Waals surface area contributed by atoms with Gasteiger partial charge in [0.2, 0.25) is 0 Å². The monoisotopic (exact) mass is 242 g/mol. The predicted octanol–water partition coefficient (Wildman–Crippen LogP) is 3.39. The Bertz CT molecular complexity index is 509. The summed E-state index contributed by atoms with van der Waals surface area (Å²) in [6.07, 6.45) is -0.586. The average molecular weight is 242 g/mol. The number of aryl methyl sites for hydroxylation is 2. The first-order valence-corrected chi connectivity index (χ1v) is 6.01. The number of hydrogen-bond donors (Lipinski definition) is 1. The Morgan fingerprint density at radius 3 is 2.00 bits per heavy atom. The van der Waals surface area contributed by atoms with E-state index in [0.717, 1.165) is 28.0 Å². The first-order valence-electron chi connectivity index (χ1n) is 6.01. The largest absolute Gasteiger partial charge is 0.497 e. The maximum atomic E-state index is 10.5. The van der Waals surface area contributed by atoms with Gasteiger partial charge in [-0.2, -0.15) is 0 Å². The maximum absolute atomic E-state index is 10.5. The van der Waals surface area contributed by atoms with Crippen LogP contribution in [0.1, 0.15) is 28.4 Å². The van der Waals surface area contributed by atoms with Crippen molar-refractivity contribution in [3.05, 3.63) is 64.7 Å². The van der Waals surface area contributed by atoms with Crippen LogP contribution in [-0.4, -0.2) is 12.2 Å². The third-order valence-corrected chi connectivity index (χ3v) is 3.25. The minimum Gasteiger partial charge on any atom is -0.497 e. The highest BCUT2D eigenvalue weighted by atomic mass is 16.5. The summed E-state index contributed by atoms with van der Waals surface area (Å²) < 4.78 is 5.12. The molecule has 2 heteroatoms. The van der Waals surface area contributed by atoms with Crippen LogP contribution in [-0.2, 0) is 0 Å². The van der Waals surface area contributed by atoms with Crippen molar-refractivity contribution in [1.82, 2.24) is 0 Å². The predicted molar refractivity (Wildman–Crippen MR) is 73.0 cm³/mol. The molecule has 0 saturated carbocycles. The molecule has 2 nitrogen and oxygen atoms in total. The van der Waals surface area contributed by atoms with Crippen LogP contribution >= 0.6 is 0 Å². The van der Waals surface area contributed by atoms with Crippen molar-refractivity contribution in [3.8, 4) is 5.75 Å². The van der Waals surface area contributed by atoms with Crippen molar-refractivity contribution in [1.29, 1.82) is 0 Å². The van der Waals surface area contributed by atoms with Gasteiger partial charge in [-0.05, 0) is 48.2 Å². The standard InChI is InChI=1S/C16H18O2/c1-11-5-4-6-12(2)15(11)16(17)13-7-9-14(18-3)10-8-13/h4-10,16-17H,1-3H3. The van der Waals surface area contributed by atoms with Crippen molar-refractivity contribution in [3.63, 3.8) is 0 Å². The maximum Gasteiger partial charge on any atom is 0.118 e. The molecule has 0 aliphatic carbocycles. The van der Waals surface area contributed by atoms with E-state index in [0.29, 0.717) is 0 Å². The van der Waals surface area contributed by atoms with Crippen LogP contribution in [0.5, 0.6) is 5.75 Å². The number of rotatable bonds is 3. The number of hydrogen-bond acceptors (Lipinski definition) is 2. The molecule has 1 unspecified atom stereocenters. The number of aliphatic hydroxyl groups excluding tert-OH is 1. The minimum atomic E-state index is -0.586. The molecule has 0 fully saturated rings. The fraction of sp³-hybridized carbons (Fsp3) is 0.250. The summed E-state index contributed by atoms with van der Waals surface area (Å²) in [7, 11) is 1.64. The molecule has 0 saturated heterocycles. The van der Waals surface area contributed by atoms with E-state index in [9.17, 15) is 5.11 Å². The molecule has 0 aliphatic rings. The van der Waals surface area contributed by atoms with Crippen molar-refractivity contribution < 1.29 is 9.84 Å². The van der Waals surface area contributed by atoms with Crippen molar-refractivity contribution >= 4 is 0 Å². The van der Waals surface area contributed by atoms with Gasteiger partial charge >= 0.3 is 0 Å². The molecule has 2 aromatic carbocycles. The third kappa shape index (κ3) is 2.39. The van der Waals surface area contributed by atoms with E-state index in [1.54, 1.807) is 7.11 Å². The molecule has 0 bridgehead atoms. The Balaban J connectivity index is 2.38. The summed E-state index contributed by atoms with van der Waals surface area (Å²) in [5.74, 6) is 0.799. The first-order chi connectivity index (χ1) is 8.63. The number of benzene rings is 2. The molecule has 0 aliphatic heterocycles. The van der Waals surface area contributed by atoms with Crippen LogP contribution in [0, 0.1) is 13.8 Å². The number of ether oxygens (including phenoxy) is 1. The lowest BCUT2D eigenvalue weighted by Crippen LogP contribution is -2.04. The van der Waals surface area contributed by atoms with Gasteiger partial charge in [0.05, 0.1) is 7.11 Å². The molecule has 1 N–H and O–H groups in total. The zero-order chi connectivity index (χ0) is 13.1. The van der Waals surface area contributed by atoms with Crippen LogP contribution < -0.4 is 4.74 Å². The summed E-state index contributed by atoms with van der Waals surface area (Å²) in [5, 5.41) is 10.5. The van der Waals surface area contributed by atoms with Gasteiger partial charge < -0.3 is 9.84 Å². The van der Waals surface area contributed by atoms with Crippen LogP contribution in [0.3, 0.4) is 0 Å². The van der Waals surface area contributed by atoms with E-state index in [2.05, 4.69) is 0 Å². The molecule has 2 rings (SSSR count). The molecular weight excluding hydrogens is 224 g/mol. The van der Waals surface area contributed by atoms with Crippen LogP contribution in [0.2, 0.25) is 0 Å². The topological polar surface area (TPSA) is 29.5 Å². The van der Waals surface area contributed by atoms with Crippen LogP contribution in [0.25, 0.3) is 0 Å². The van der Waals surface area contributed by atoms with Crippen molar-refractivity contribution in [2.45, 2.75) is 20.0 Å². The number of methoxy groups -OCH3 is 1. The fourth-order valence-electron chi connectivity index (χ4n) is 2.21. The summed E-state index contributed by atoms with van der Waals surface area (Å²) >= 11 is 0. The Morgan fingerprint density at radius 1 is 0.944 bits per heavy atom. The summed E-state index contributed by atoms with van der Waals surface area (Å²) in [5.41, 5.74) is 4.09. The molecule has 0 radical (unpaired) electrons. The highest BCUT2D eigenvalue weighted by Gasteiger charge is 2.14. The normalized spacial score (nSPS) is 12.2. The second-order valence-electron chi connectivity index (χ2n) is 4.48. The first kappa shape index (κ1) is 12.7. The van der Waals surface area contributed by atoms with Gasteiger partial charge in [0.25, 0.3) is 0 Å². The van der Waals surface area contributed by atoms with E-state index < -0.39 is 6.10 Å². The van der Waals surface area contributed by atoms with E-state index >= 15 is 0 Å². The lowest BCUT2D eigenvalue weighted by atomic mass is 9.93. The highest BCUT2D eigenvalue weighted by Crippen LogP contribution is 2.28. The Labute approximate surface area is 108 Å². The van der Waals surface area contributed by atoms with E-state index in [-0.39, 0.29) is 0 Å². The van der Waals surface area contributed by atoms with Gasteiger partial charge in [0, 0.05) is 0 Å². The van der Waals surface area contributed by atoms with Gasteiger partial charge in [-0.1, -0.05) is 30.3 Å². The molecule has 2 aromatic rings. The molecule has 0 spiro atoms. The van der Waals surface area contributed by atoms with E-state index in [1.807, 2.05) is 56.3 Å². The third-order valence-electron chi connectivity index (χ3n) is 3.25. The highest BCUT2D eigenvalue weighted by molar-refractivity contribution is 5.41. The Kier molecular flexibility index (Phi) is 3.68. The van der Waals surface area contributed by atoms with Crippen LogP contribution in [0.4, 0.5) is 0 Å².